The number of morpholine rings is 1. The summed E-state index contributed by atoms with van der Waals surface area (Å²) in [5, 5.41) is -1.10. The summed E-state index contributed by atoms with van der Waals surface area (Å²) in [4.78, 5) is 40.9. The third-order valence-electron chi connectivity index (χ3n) is 4.35. The van der Waals surface area contributed by atoms with E-state index in [-0.39, 0.29) is 26.2 Å². The average molecular weight is 361 g/mol. The van der Waals surface area contributed by atoms with Gasteiger partial charge in [0.1, 0.15) is 5.25 Å². The Morgan fingerprint density at radius 2 is 1.25 bits per heavy atom. The van der Waals surface area contributed by atoms with E-state index in [0.29, 0.717) is 26.3 Å². The molecule has 1 atom stereocenters. The fraction of sp³-hybridized carbons (Fsp3) is 0.786. The first-order valence-electron chi connectivity index (χ1n) is 7.85. The van der Waals surface area contributed by atoms with Gasteiger partial charge in [-0.25, -0.2) is 8.42 Å². The lowest BCUT2D eigenvalue weighted by Crippen LogP contribution is -2.56. The Bertz CT molecular complexity index is 606. The van der Waals surface area contributed by atoms with Crippen LogP contribution in [0.1, 0.15) is 6.92 Å². The molecule has 0 N–H and O–H groups in total. The summed E-state index contributed by atoms with van der Waals surface area (Å²) in [6.45, 7) is 3.88. The maximum Gasteiger partial charge on any atom is 0.312 e. The van der Waals surface area contributed by atoms with Gasteiger partial charge >= 0.3 is 11.8 Å². The smallest absolute Gasteiger partial charge is 0.312 e. The Kier molecular flexibility index (Phi) is 5.81. The van der Waals surface area contributed by atoms with Crippen LogP contribution in [0.25, 0.3) is 0 Å². The van der Waals surface area contributed by atoms with E-state index in [4.69, 9.17) is 4.74 Å². The van der Waals surface area contributed by atoms with Crippen molar-refractivity contribution in [3.05, 3.63) is 0 Å². The minimum atomic E-state index is -3.45. The first-order chi connectivity index (χ1) is 11.2. The zero-order valence-corrected chi connectivity index (χ0v) is 14.8. The summed E-state index contributed by atoms with van der Waals surface area (Å²) in [6, 6.07) is 0. The van der Waals surface area contributed by atoms with Gasteiger partial charge in [-0.05, 0) is 6.92 Å². The van der Waals surface area contributed by atoms with Gasteiger partial charge in [-0.15, -0.1) is 0 Å². The van der Waals surface area contributed by atoms with E-state index in [1.807, 2.05) is 0 Å². The van der Waals surface area contributed by atoms with Crippen molar-refractivity contribution in [2.24, 2.45) is 0 Å². The predicted molar refractivity (Wildman–Crippen MR) is 84.9 cm³/mol. The number of nitrogens with zero attached hydrogens (tertiary/aromatic N) is 3. The van der Waals surface area contributed by atoms with Crippen LogP contribution in [0.15, 0.2) is 0 Å². The standard InChI is InChI=1S/C14H23N3O6S/c1-11(24(2,21)22)12(18)15-3-5-16(6-4-15)13(19)14(20)17-7-9-23-10-8-17/h11H,3-10H2,1-2H3/t11-/m0/s1. The number of carbonyl (C=O) groups is 3. The summed E-state index contributed by atoms with van der Waals surface area (Å²) in [5.74, 6) is -1.60. The maximum atomic E-state index is 12.3. The van der Waals surface area contributed by atoms with Crippen molar-refractivity contribution in [1.29, 1.82) is 0 Å². The van der Waals surface area contributed by atoms with Crippen LogP contribution in [0.2, 0.25) is 0 Å². The Morgan fingerprint density at radius 1 is 0.833 bits per heavy atom. The summed E-state index contributed by atoms with van der Waals surface area (Å²) < 4.78 is 28.1. The molecular weight excluding hydrogens is 338 g/mol. The van der Waals surface area contributed by atoms with Gasteiger partial charge in [0, 0.05) is 45.5 Å². The number of sulfone groups is 1. The molecule has 3 amide bonds. The van der Waals surface area contributed by atoms with Crippen molar-refractivity contribution in [3.63, 3.8) is 0 Å². The Hall–Kier alpha value is -1.68. The highest BCUT2D eigenvalue weighted by Crippen LogP contribution is 2.10. The second-order valence-corrected chi connectivity index (χ2v) is 8.36. The lowest BCUT2D eigenvalue weighted by molar-refractivity contribution is -0.155. The number of hydrogen-bond acceptors (Lipinski definition) is 6. The molecule has 2 rings (SSSR count). The van der Waals surface area contributed by atoms with E-state index in [1.165, 1.54) is 21.6 Å². The highest BCUT2D eigenvalue weighted by molar-refractivity contribution is 7.92. The monoisotopic (exact) mass is 361 g/mol. The van der Waals surface area contributed by atoms with Crippen molar-refractivity contribution in [3.8, 4) is 0 Å². The summed E-state index contributed by atoms with van der Waals surface area (Å²) in [5.41, 5.74) is 0. The molecule has 9 nitrogen and oxygen atoms in total. The molecule has 2 fully saturated rings. The SMILES string of the molecule is C[C@@H](C(=O)N1CCN(C(=O)C(=O)N2CCOCC2)CC1)S(C)(=O)=O. The first kappa shape index (κ1) is 18.7. The van der Waals surface area contributed by atoms with Crippen molar-refractivity contribution in [2.45, 2.75) is 12.2 Å². The number of rotatable bonds is 2. The van der Waals surface area contributed by atoms with E-state index in [1.54, 1.807) is 0 Å². The maximum absolute atomic E-state index is 12.3. The van der Waals surface area contributed by atoms with E-state index < -0.39 is 32.8 Å². The van der Waals surface area contributed by atoms with Crippen molar-refractivity contribution in [2.75, 3.05) is 58.7 Å². The Morgan fingerprint density at radius 3 is 1.71 bits per heavy atom. The van der Waals surface area contributed by atoms with E-state index in [0.717, 1.165) is 6.26 Å². The molecule has 0 spiro atoms. The lowest BCUT2D eigenvalue weighted by atomic mass is 10.2. The van der Waals surface area contributed by atoms with E-state index >= 15 is 0 Å². The lowest BCUT2D eigenvalue weighted by Gasteiger charge is -2.36. The zero-order valence-electron chi connectivity index (χ0n) is 13.9. The van der Waals surface area contributed by atoms with Gasteiger partial charge in [-0.2, -0.15) is 0 Å². The molecule has 0 aromatic carbocycles. The number of amides is 3. The van der Waals surface area contributed by atoms with Gasteiger partial charge in [0.2, 0.25) is 5.91 Å². The summed E-state index contributed by atoms with van der Waals surface area (Å²) in [7, 11) is -3.45. The molecule has 136 valence electrons. The molecule has 24 heavy (non-hydrogen) atoms. The van der Waals surface area contributed by atoms with Crippen LogP contribution in [0, 0.1) is 0 Å². The van der Waals surface area contributed by atoms with E-state index in [9.17, 15) is 22.8 Å². The molecule has 2 heterocycles. The average Bonchev–Trinajstić information content (AvgIpc) is 2.59. The highest BCUT2D eigenvalue weighted by Gasteiger charge is 2.34. The largest absolute Gasteiger partial charge is 0.378 e. The van der Waals surface area contributed by atoms with Crippen LogP contribution in [0.4, 0.5) is 0 Å². The Labute approximate surface area is 141 Å². The molecule has 10 heteroatoms. The molecule has 0 radical (unpaired) electrons. The van der Waals surface area contributed by atoms with Crippen LogP contribution in [0.3, 0.4) is 0 Å². The molecule has 0 aromatic rings. The van der Waals surface area contributed by atoms with Gasteiger partial charge in [-0.1, -0.05) is 0 Å². The topological polar surface area (TPSA) is 104 Å². The third-order valence-corrected chi connectivity index (χ3v) is 5.84. The van der Waals surface area contributed by atoms with Crippen LogP contribution in [-0.2, 0) is 29.0 Å². The summed E-state index contributed by atoms with van der Waals surface area (Å²) >= 11 is 0. The number of hydrogen-bond donors (Lipinski definition) is 0. The van der Waals surface area contributed by atoms with E-state index in [2.05, 4.69) is 0 Å². The molecular formula is C14H23N3O6S. The van der Waals surface area contributed by atoms with Gasteiger partial charge < -0.3 is 19.4 Å². The summed E-state index contributed by atoms with van der Waals surface area (Å²) in [6.07, 6.45) is 1.02. The van der Waals surface area contributed by atoms with Crippen LogP contribution in [-0.4, -0.2) is 105 Å². The normalized spacial score (nSPS) is 20.7. The molecule has 2 saturated heterocycles. The second-order valence-electron chi connectivity index (χ2n) is 5.99. The van der Waals surface area contributed by atoms with Crippen LogP contribution in [0.5, 0.6) is 0 Å². The molecule has 0 aromatic heterocycles. The van der Waals surface area contributed by atoms with Crippen LogP contribution < -0.4 is 0 Å². The molecule has 0 bridgehead atoms. The molecule has 2 aliphatic heterocycles. The number of ether oxygens (including phenoxy) is 1. The molecule has 0 aliphatic carbocycles. The van der Waals surface area contributed by atoms with Crippen molar-refractivity contribution in [1.82, 2.24) is 14.7 Å². The van der Waals surface area contributed by atoms with Crippen molar-refractivity contribution >= 4 is 27.6 Å². The van der Waals surface area contributed by atoms with Gasteiger partial charge in [-0.3, -0.25) is 14.4 Å². The Balaban J connectivity index is 1.89. The quantitative estimate of drug-likeness (QED) is 0.524. The second kappa shape index (κ2) is 7.47. The van der Waals surface area contributed by atoms with Gasteiger partial charge in [0.05, 0.1) is 13.2 Å². The molecule has 2 aliphatic rings. The van der Waals surface area contributed by atoms with Gasteiger partial charge in [0.15, 0.2) is 9.84 Å². The predicted octanol–water partition coefficient (Wildman–Crippen LogP) is -2.05. The fourth-order valence-corrected chi connectivity index (χ4v) is 3.12. The number of carbonyl (C=O) groups excluding carboxylic acids is 3. The zero-order chi connectivity index (χ0) is 17.9. The number of piperazine rings is 1. The molecule has 0 saturated carbocycles. The third kappa shape index (κ3) is 4.23. The van der Waals surface area contributed by atoms with Crippen molar-refractivity contribution < 1.29 is 27.5 Å². The minimum absolute atomic E-state index is 0.219. The fourth-order valence-electron chi connectivity index (χ4n) is 2.61. The van der Waals surface area contributed by atoms with Crippen LogP contribution >= 0.6 is 0 Å². The first-order valence-corrected chi connectivity index (χ1v) is 9.81. The van der Waals surface area contributed by atoms with Gasteiger partial charge in [0.25, 0.3) is 0 Å². The molecule has 0 unspecified atom stereocenters. The highest BCUT2D eigenvalue weighted by atomic mass is 32.2. The minimum Gasteiger partial charge on any atom is -0.378 e.